The third-order valence-electron chi connectivity index (χ3n) is 5.40. The molecule has 0 saturated heterocycles. The van der Waals surface area contributed by atoms with E-state index in [1.807, 2.05) is 37.3 Å². The fraction of sp³-hybridized carbons (Fsp3) is 0.259. The lowest BCUT2D eigenvalue weighted by Gasteiger charge is -2.31. The molecular formula is C27H26Cl4N2O3. The van der Waals surface area contributed by atoms with E-state index in [1.54, 1.807) is 30.3 Å². The van der Waals surface area contributed by atoms with Gasteiger partial charge in [-0.25, -0.2) is 0 Å². The highest BCUT2D eigenvalue weighted by atomic mass is 35.5. The molecule has 190 valence electrons. The molecule has 3 aromatic carbocycles. The Morgan fingerprint density at radius 1 is 0.889 bits per heavy atom. The Hall–Kier alpha value is -2.44. The lowest BCUT2D eigenvalue weighted by molar-refractivity contribution is -0.142. The average Bonchev–Trinajstić information content (AvgIpc) is 2.86. The second-order valence-electron chi connectivity index (χ2n) is 8.13. The van der Waals surface area contributed by atoms with Crippen LogP contribution in [0, 0.1) is 0 Å². The zero-order valence-electron chi connectivity index (χ0n) is 19.6. The molecule has 5 nitrogen and oxygen atoms in total. The van der Waals surface area contributed by atoms with Gasteiger partial charge in [0.1, 0.15) is 11.8 Å². The number of benzene rings is 3. The van der Waals surface area contributed by atoms with Crippen LogP contribution in [0.3, 0.4) is 0 Å². The number of hydrogen-bond acceptors (Lipinski definition) is 3. The molecule has 0 radical (unpaired) electrons. The van der Waals surface area contributed by atoms with Crippen LogP contribution in [0.25, 0.3) is 0 Å². The number of nitrogens with one attached hydrogen (secondary N) is 1. The molecule has 0 unspecified atom stereocenters. The summed E-state index contributed by atoms with van der Waals surface area (Å²) in [5.41, 5.74) is 1.64. The molecule has 9 heteroatoms. The Kier molecular flexibility index (Phi) is 10.7. The number of nitrogens with zero attached hydrogens (tertiary/aromatic N) is 1. The van der Waals surface area contributed by atoms with Crippen molar-refractivity contribution in [2.45, 2.75) is 32.4 Å². The van der Waals surface area contributed by atoms with Gasteiger partial charge in [-0.2, -0.15) is 0 Å². The molecule has 2 amide bonds. The number of hydrogen-bond donors (Lipinski definition) is 1. The molecule has 0 saturated carbocycles. The summed E-state index contributed by atoms with van der Waals surface area (Å²) >= 11 is 24.5. The van der Waals surface area contributed by atoms with Crippen molar-refractivity contribution in [1.82, 2.24) is 10.2 Å². The van der Waals surface area contributed by atoms with Crippen LogP contribution in [0.4, 0.5) is 0 Å². The normalized spacial score (nSPS) is 11.6. The van der Waals surface area contributed by atoms with E-state index < -0.39 is 6.04 Å². The molecule has 3 aromatic rings. The summed E-state index contributed by atoms with van der Waals surface area (Å²) in [5, 5.41) is 4.43. The Labute approximate surface area is 231 Å². The molecular weight excluding hydrogens is 542 g/mol. The molecule has 1 atom stereocenters. The second-order valence-corrected chi connectivity index (χ2v) is 9.79. The number of halogens is 4. The zero-order chi connectivity index (χ0) is 26.1. The molecule has 0 aliphatic carbocycles. The molecule has 0 aliphatic heterocycles. The Bertz CT molecular complexity index is 1190. The fourth-order valence-corrected chi connectivity index (χ4v) is 4.35. The average molecular weight is 568 g/mol. The summed E-state index contributed by atoms with van der Waals surface area (Å²) in [6.45, 7) is 2.27. The summed E-state index contributed by atoms with van der Waals surface area (Å²) < 4.78 is 5.72. The topological polar surface area (TPSA) is 58.6 Å². The number of amides is 2. The smallest absolute Gasteiger partial charge is 0.261 e. The van der Waals surface area contributed by atoms with Crippen LogP contribution in [-0.2, 0) is 22.6 Å². The van der Waals surface area contributed by atoms with Gasteiger partial charge in [0.05, 0.1) is 15.1 Å². The van der Waals surface area contributed by atoms with Crippen LogP contribution in [0.2, 0.25) is 20.1 Å². The minimum absolute atomic E-state index is 0.129. The predicted molar refractivity (Wildman–Crippen MR) is 146 cm³/mol. The van der Waals surface area contributed by atoms with Gasteiger partial charge in [0, 0.05) is 24.5 Å². The number of rotatable bonds is 11. The number of carbonyl (C=O) groups excluding carboxylic acids is 2. The Balaban J connectivity index is 1.92. The SMILES string of the molecule is CCCNC(=O)[C@@H](Cc1ccccc1)N(Cc1ccc(Cl)c(Cl)c1)C(=O)COc1ccc(Cl)cc1Cl. The Morgan fingerprint density at radius 3 is 2.31 bits per heavy atom. The van der Waals surface area contributed by atoms with Crippen LogP contribution < -0.4 is 10.1 Å². The van der Waals surface area contributed by atoms with Crippen LogP contribution in [-0.4, -0.2) is 35.9 Å². The van der Waals surface area contributed by atoms with E-state index in [1.165, 1.54) is 11.0 Å². The number of carbonyl (C=O) groups is 2. The van der Waals surface area contributed by atoms with Crippen molar-refractivity contribution >= 4 is 58.2 Å². The van der Waals surface area contributed by atoms with Crippen molar-refractivity contribution in [2.75, 3.05) is 13.2 Å². The van der Waals surface area contributed by atoms with Gasteiger partial charge in [0.25, 0.3) is 5.91 Å². The van der Waals surface area contributed by atoms with E-state index in [0.717, 1.165) is 17.5 Å². The summed E-state index contributed by atoms with van der Waals surface area (Å²) in [6.07, 6.45) is 1.09. The van der Waals surface area contributed by atoms with E-state index in [-0.39, 0.29) is 30.0 Å². The molecule has 0 bridgehead atoms. The van der Waals surface area contributed by atoms with Crippen LogP contribution in [0.15, 0.2) is 66.7 Å². The monoisotopic (exact) mass is 566 g/mol. The van der Waals surface area contributed by atoms with Crippen molar-refractivity contribution in [3.05, 3.63) is 97.9 Å². The highest BCUT2D eigenvalue weighted by Gasteiger charge is 2.30. The van der Waals surface area contributed by atoms with Crippen molar-refractivity contribution in [3.8, 4) is 5.75 Å². The molecule has 3 rings (SSSR count). The summed E-state index contributed by atoms with van der Waals surface area (Å²) in [7, 11) is 0. The van der Waals surface area contributed by atoms with Gasteiger partial charge in [-0.05, 0) is 47.9 Å². The van der Waals surface area contributed by atoms with Crippen molar-refractivity contribution < 1.29 is 14.3 Å². The van der Waals surface area contributed by atoms with Gasteiger partial charge in [-0.1, -0.05) is 89.7 Å². The van der Waals surface area contributed by atoms with E-state index in [4.69, 9.17) is 51.1 Å². The highest BCUT2D eigenvalue weighted by molar-refractivity contribution is 6.42. The minimum Gasteiger partial charge on any atom is -0.482 e. The molecule has 0 aromatic heterocycles. The van der Waals surface area contributed by atoms with Crippen molar-refractivity contribution in [3.63, 3.8) is 0 Å². The van der Waals surface area contributed by atoms with Gasteiger partial charge in [-0.15, -0.1) is 0 Å². The Morgan fingerprint density at radius 2 is 1.64 bits per heavy atom. The van der Waals surface area contributed by atoms with E-state index in [9.17, 15) is 9.59 Å². The first-order valence-corrected chi connectivity index (χ1v) is 12.9. The molecule has 0 heterocycles. The van der Waals surface area contributed by atoms with E-state index in [0.29, 0.717) is 33.8 Å². The maximum atomic E-state index is 13.6. The quantitative estimate of drug-likeness (QED) is 0.276. The lowest BCUT2D eigenvalue weighted by atomic mass is 10.0. The van der Waals surface area contributed by atoms with Crippen LogP contribution in [0.5, 0.6) is 5.75 Å². The third kappa shape index (κ3) is 8.04. The van der Waals surface area contributed by atoms with E-state index in [2.05, 4.69) is 5.32 Å². The van der Waals surface area contributed by atoms with Crippen molar-refractivity contribution in [2.24, 2.45) is 0 Å². The third-order valence-corrected chi connectivity index (χ3v) is 6.67. The van der Waals surface area contributed by atoms with Gasteiger partial charge in [0.2, 0.25) is 5.91 Å². The van der Waals surface area contributed by atoms with Gasteiger partial charge in [-0.3, -0.25) is 9.59 Å². The summed E-state index contributed by atoms with van der Waals surface area (Å²) in [6, 6.07) is 18.6. The maximum Gasteiger partial charge on any atom is 0.261 e. The first kappa shape index (κ1) is 28.1. The number of ether oxygens (including phenoxy) is 1. The molecule has 1 N–H and O–H groups in total. The lowest BCUT2D eigenvalue weighted by Crippen LogP contribution is -2.51. The van der Waals surface area contributed by atoms with Crippen LogP contribution in [0.1, 0.15) is 24.5 Å². The standard InChI is InChI=1S/C27H26Cl4N2O3/c1-2-12-32-27(35)24(14-18-6-4-3-5-7-18)33(16-19-8-10-21(29)22(30)13-19)26(34)17-36-25-11-9-20(28)15-23(25)31/h3-11,13,15,24H,2,12,14,16-17H2,1H3,(H,32,35)/t24-/m1/s1. The minimum atomic E-state index is -0.787. The summed E-state index contributed by atoms with van der Waals surface area (Å²) in [5.74, 6) is -0.322. The molecule has 0 spiro atoms. The van der Waals surface area contributed by atoms with Crippen LogP contribution >= 0.6 is 46.4 Å². The largest absolute Gasteiger partial charge is 0.482 e. The zero-order valence-corrected chi connectivity index (χ0v) is 22.7. The van der Waals surface area contributed by atoms with E-state index >= 15 is 0 Å². The molecule has 0 aliphatic rings. The first-order chi connectivity index (χ1) is 17.3. The summed E-state index contributed by atoms with van der Waals surface area (Å²) in [4.78, 5) is 28.4. The fourth-order valence-electron chi connectivity index (χ4n) is 3.57. The highest BCUT2D eigenvalue weighted by Crippen LogP contribution is 2.28. The maximum absolute atomic E-state index is 13.6. The second kappa shape index (κ2) is 13.8. The molecule has 36 heavy (non-hydrogen) atoms. The van der Waals surface area contributed by atoms with Gasteiger partial charge >= 0.3 is 0 Å². The first-order valence-electron chi connectivity index (χ1n) is 11.4. The molecule has 0 fully saturated rings. The van der Waals surface area contributed by atoms with Gasteiger partial charge in [0.15, 0.2) is 6.61 Å². The predicted octanol–water partition coefficient (Wildman–Crippen LogP) is 6.85. The van der Waals surface area contributed by atoms with Gasteiger partial charge < -0.3 is 15.0 Å². The van der Waals surface area contributed by atoms with Crippen molar-refractivity contribution in [1.29, 1.82) is 0 Å².